The number of hydrogen-bond donors (Lipinski definition) is 2. The summed E-state index contributed by atoms with van der Waals surface area (Å²) in [6, 6.07) is 6.93. The second-order valence-corrected chi connectivity index (χ2v) is 6.77. The molecule has 7 nitrogen and oxygen atoms in total. The Morgan fingerprint density at radius 3 is 2.56 bits per heavy atom. The van der Waals surface area contributed by atoms with Crippen molar-refractivity contribution in [1.82, 2.24) is 9.80 Å². The molecule has 7 heteroatoms. The van der Waals surface area contributed by atoms with Crippen LogP contribution in [0.2, 0.25) is 0 Å². The minimum absolute atomic E-state index is 0.0233. The van der Waals surface area contributed by atoms with Gasteiger partial charge in [0.15, 0.2) is 0 Å². The zero-order valence-electron chi connectivity index (χ0n) is 14.1. The zero-order chi connectivity index (χ0) is 17.8. The van der Waals surface area contributed by atoms with Crippen LogP contribution < -0.4 is 0 Å². The molecule has 1 aromatic rings. The summed E-state index contributed by atoms with van der Waals surface area (Å²) in [7, 11) is 0. The van der Waals surface area contributed by atoms with Gasteiger partial charge in [0, 0.05) is 32.7 Å². The van der Waals surface area contributed by atoms with Crippen molar-refractivity contribution in [2.45, 2.75) is 13.0 Å². The number of aliphatic carboxylic acids is 1. The number of amides is 1. The van der Waals surface area contributed by atoms with Crippen LogP contribution in [-0.4, -0.2) is 71.3 Å². The minimum atomic E-state index is -0.861. The predicted molar refractivity (Wildman–Crippen MR) is 90.0 cm³/mol. The van der Waals surface area contributed by atoms with E-state index in [1.54, 1.807) is 23.1 Å². The third kappa shape index (κ3) is 4.49. The van der Waals surface area contributed by atoms with Gasteiger partial charge in [-0.3, -0.25) is 14.5 Å². The minimum Gasteiger partial charge on any atom is -0.508 e. The lowest BCUT2D eigenvalue weighted by Gasteiger charge is -2.38. The van der Waals surface area contributed by atoms with Crippen LogP contribution in [-0.2, 0) is 20.9 Å². The Labute approximate surface area is 146 Å². The van der Waals surface area contributed by atoms with Gasteiger partial charge >= 0.3 is 5.97 Å². The van der Waals surface area contributed by atoms with Crippen molar-refractivity contribution in [1.29, 1.82) is 0 Å². The van der Waals surface area contributed by atoms with Gasteiger partial charge in [0.2, 0.25) is 5.91 Å². The van der Waals surface area contributed by atoms with Crippen molar-refractivity contribution in [3.8, 4) is 5.75 Å². The maximum Gasteiger partial charge on any atom is 0.307 e. The number of ether oxygens (including phenoxy) is 1. The fourth-order valence-electron chi connectivity index (χ4n) is 3.63. The topological polar surface area (TPSA) is 90.3 Å². The molecular formula is C18H24N2O5. The summed E-state index contributed by atoms with van der Waals surface area (Å²) in [6.45, 7) is 3.68. The van der Waals surface area contributed by atoms with Crippen LogP contribution >= 0.6 is 0 Å². The number of carboxylic acid groups (broad SMARTS) is 1. The number of benzene rings is 1. The van der Waals surface area contributed by atoms with Gasteiger partial charge in [-0.2, -0.15) is 0 Å². The fourth-order valence-corrected chi connectivity index (χ4v) is 3.63. The summed E-state index contributed by atoms with van der Waals surface area (Å²) in [5.41, 5.74) is 0.906. The van der Waals surface area contributed by atoms with E-state index in [9.17, 15) is 19.8 Å². The van der Waals surface area contributed by atoms with Gasteiger partial charge in [0.05, 0.1) is 25.0 Å². The molecule has 2 aliphatic heterocycles. The Hall–Kier alpha value is -2.12. The normalized spacial score (nSPS) is 24.9. The average molecular weight is 348 g/mol. The van der Waals surface area contributed by atoms with E-state index in [0.717, 1.165) is 5.56 Å². The van der Waals surface area contributed by atoms with E-state index >= 15 is 0 Å². The highest BCUT2D eigenvalue weighted by Crippen LogP contribution is 2.26. The van der Waals surface area contributed by atoms with Crippen molar-refractivity contribution in [2.24, 2.45) is 11.8 Å². The Bertz CT molecular complexity index is 630. The monoisotopic (exact) mass is 348 g/mol. The van der Waals surface area contributed by atoms with E-state index in [0.29, 0.717) is 52.4 Å². The summed E-state index contributed by atoms with van der Waals surface area (Å²) >= 11 is 0. The molecule has 0 radical (unpaired) electrons. The van der Waals surface area contributed by atoms with Crippen molar-refractivity contribution in [3.05, 3.63) is 29.8 Å². The van der Waals surface area contributed by atoms with Gasteiger partial charge in [0.25, 0.3) is 0 Å². The highest BCUT2D eigenvalue weighted by molar-refractivity contribution is 5.80. The smallest absolute Gasteiger partial charge is 0.307 e. The van der Waals surface area contributed by atoms with Crippen LogP contribution in [0.5, 0.6) is 5.75 Å². The first kappa shape index (κ1) is 17.7. The Morgan fingerprint density at radius 2 is 1.88 bits per heavy atom. The van der Waals surface area contributed by atoms with Crippen LogP contribution in [0.1, 0.15) is 12.0 Å². The van der Waals surface area contributed by atoms with E-state index < -0.39 is 11.9 Å². The molecule has 25 heavy (non-hydrogen) atoms. The molecular weight excluding hydrogens is 324 g/mol. The number of rotatable bonds is 4. The maximum atomic E-state index is 12.8. The van der Waals surface area contributed by atoms with Crippen LogP contribution in [0, 0.1) is 11.8 Å². The van der Waals surface area contributed by atoms with Crippen molar-refractivity contribution in [2.75, 3.05) is 39.4 Å². The fraction of sp³-hybridized carbons (Fsp3) is 0.556. The maximum absolute atomic E-state index is 12.8. The van der Waals surface area contributed by atoms with Crippen molar-refractivity contribution in [3.63, 3.8) is 0 Å². The lowest BCUT2D eigenvalue weighted by Crippen LogP contribution is -2.51. The third-order valence-electron chi connectivity index (χ3n) is 4.86. The number of aromatic hydroxyl groups is 1. The Morgan fingerprint density at radius 1 is 1.16 bits per heavy atom. The van der Waals surface area contributed by atoms with Crippen LogP contribution in [0.4, 0.5) is 0 Å². The molecule has 2 fully saturated rings. The summed E-state index contributed by atoms with van der Waals surface area (Å²) < 4.78 is 5.29. The summed E-state index contributed by atoms with van der Waals surface area (Å²) in [6.07, 6.45) is 0.377. The number of morpholine rings is 1. The molecule has 0 bridgehead atoms. The Kier molecular flexibility index (Phi) is 5.55. The van der Waals surface area contributed by atoms with Crippen LogP contribution in [0.25, 0.3) is 0 Å². The van der Waals surface area contributed by atoms with E-state index in [1.165, 1.54) is 0 Å². The molecule has 2 atom stereocenters. The summed E-state index contributed by atoms with van der Waals surface area (Å²) in [4.78, 5) is 28.1. The molecule has 0 saturated carbocycles. The molecule has 2 aliphatic rings. The second-order valence-electron chi connectivity index (χ2n) is 6.77. The third-order valence-corrected chi connectivity index (χ3v) is 4.86. The molecule has 0 spiro atoms. The summed E-state index contributed by atoms with van der Waals surface area (Å²) in [5, 5.41) is 19.1. The van der Waals surface area contributed by atoms with E-state index in [2.05, 4.69) is 0 Å². The number of carbonyl (C=O) groups is 2. The quantitative estimate of drug-likeness (QED) is 0.835. The number of carboxylic acids is 1. The molecule has 1 aromatic carbocycles. The number of likely N-dealkylation sites (tertiary alicyclic amines) is 1. The SMILES string of the molecule is O=C(O)[C@H]1C[C@H](C(=O)N2CCOCC2)CN(Cc2cccc(O)c2)C1. The van der Waals surface area contributed by atoms with Gasteiger partial charge in [-0.25, -0.2) is 0 Å². The number of hydrogen-bond acceptors (Lipinski definition) is 5. The molecule has 3 rings (SSSR count). The number of carbonyl (C=O) groups excluding carboxylic acids is 1. The standard InChI is InChI=1S/C18H24N2O5/c21-16-3-1-2-13(8-16)10-19-11-14(9-15(12-19)18(23)24)17(22)20-4-6-25-7-5-20/h1-3,8,14-15,21H,4-7,9-12H2,(H,23,24)/t14-,15-/m0/s1. The first-order chi connectivity index (χ1) is 12.0. The van der Waals surface area contributed by atoms with Crippen molar-refractivity contribution < 1.29 is 24.5 Å². The molecule has 0 unspecified atom stereocenters. The first-order valence-corrected chi connectivity index (χ1v) is 8.62. The molecule has 2 heterocycles. The lowest BCUT2D eigenvalue weighted by atomic mass is 9.87. The molecule has 136 valence electrons. The summed E-state index contributed by atoms with van der Waals surface area (Å²) in [5.74, 6) is -1.52. The molecule has 0 aliphatic carbocycles. The molecule has 1 amide bonds. The molecule has 2 N–H and O–H groups in total. The average Bonchev–Trinajstić information content (AvgIpc) is 2.61. The number of phenols is 1. The van der Waals surface area contributed by atoms with Gasteiger partial charge in [-0.1, -0.05) is 12.1 Å². The molecule has 0 aromatic heterocycles. The van der Waals surface area contributed by atoms with Crippen LogP contribution in [0.3, 0.4) is 0 Å². The van der Waals surface area contributed by atoms with Gasteiger partial charge in [0.1, 0.15) is 5.75 Å². The Balaban J connectivity index is 1.70. The van der Waals surface area contributed by atoms with Gasteiger partial charge in [-0.05, 0) is 24.1 Å². The van der Waals surface area contributed by atoms with E-state index in [-0.39, 0.29) is 17.6 Å². The molecule has 2 saturated heterocycles. The second kappa shape index (κ2) is 7.84. The predicted octanol–water partition coefficient (Wildman–Crippen LogP) is 0.774. The zero-order valence-corrected chi connectivity index (χ0v) is 14.1. The highest BCUT2D eigenvalue weighted by atomic mass is 16.5. The number of nitrogens with zero attached hydrogens (tertiary/aromatic N) is 2. The lowest BCUT2D eigenvalue weighted by molar-refractivity contribution is -0.149. The van der Waals surface area contributed by atoms with Crippen LogP contribution in [0.15, 0.2) is 24.3 Å². The number of piperidine rings is 1. The first-order valence-electron chi connectivity index (χ1n) is 8.62. The van der Waals surface area contributed by atoms with E-state index in [4.69, 9.17) is 4.74 Å². The van der Waals surface area contributed by atoms with Crippen molar-refractivity contribution >= 4 is 11.9 Å². The highest BCUT2D eigenvalue weighted by Gasteiger charge is 2.37. The van der Waals surface area contributed by atoms with Gasteiger partial charge in [-0.15, -0.1) is 0 Å². The van der Waals surface area contributed by atoms with E-state index in [1.807, 2.05) is 11.0 Å². The largest absolute Gasteiger partial charge is 0.508 e. The van der Waals surface area contributed by atoms with Gasteiger partial charge < -0.3 is 19.8 Å². The number of phenolic OH excluding ortho intramolecular Hbond substituents is 1.